The van der Waals surface area contributed by atoms with Gasteiger partial charge in [0.25, 0.3) is 5.91 Å². The van der Waals surface area contributed by atoms with Gasteiger partial charge in [-0.3, -0.25) is 4.79 Å². The standard InChI is InChI=1S/C19H23N3O4/c1-14(25-15-7-4-3-5-8-15)19(23)22-12-6-9-16(13-22)26-18-11-10-17(24-2)20-21-18/h3-5,7-8,10-11,14,16H,6,9,12-13H2,1-2H3. The molecule has 2 aromatic rings. The highest BCUT2D eigenvalue weighted by Crippen LogP contribution is 2.19. The van der Waals surface area contributed by atoms with Crippen LogP contribution in [0.15, 0.2) is 42.5 Å². The Morgan fingerprint density at radius 2 is 1.88 bits per heavy atom. The summed E-state index contributed by atoms with van der Waals surface area (Å²) < 4.78 is 16.6. The highest BCUT2D eigenvalue weighted by molar-refractivity contribution is 5.81. The first-order chi connectivity index (χ1) is 12.7. The molecule has 138 valence electrons. The fourth-order valence-corrected chi connectivity index (χ4v) is 2.90. The fourth-order valence-electron chi connectivity index (χ4n) is 2.90. The molecule has 1 aromatic carbocycles. The van der Waals surface area contributed by atoms with Crippen molar-refractivity contribution in [3.63, 3.8) is 0 Å². The van der Waals surface area contributed by atoms with Crippen LogP contribution in [-0.2, 0) is 4.79 Å². The second-order valence-corrected chi connectivity index (χ2v) is 6.15. The van der Waals surface area contributed by atoms with Gasteiger partial charge in [-0.15, -0.1) is 10.2 Å². The normalized spacial score (nSPS) is 18.1. The van der Waals surface area contributed by atoms with Gasteiger partial charge in [0.05, 0.1) is 13.7 Å². The smallest absolute Gasteiger partial charge is 0.263 e. The molecule has 0 N–H and O–H groups in total. The molecule has 2 unspecified atom stereocenters. The summed E-state index contributed by atoms with van der Waals surface area (Å²) in [5, 5.41) is 7.87. The Balaban J connectivity index is 1.55. The van der Waals surface area contributed by atoms with Crippen molar-refractivity contribution in [2.45, 2.75) is 32.0 Å². The molecular formula is C19H23N3O4. The zero-order chi connectivity index (χ0) is 18.4. The van der Waals surface area contributed by atoms with Crippen LogP contribution in [-0.4, -0.2) is 53.4 Å². The molecule has 0 radical (unpaired) electrons. The van der Waals surface area contributed by atoms with Crippen molar-refractivity contribution in [2.75, 3.05) is 20.2 Å². The monoisotopic (exact) mass is 357 g/mol. The number of aromatic nitrogens is 2. The van der Waals surface area contributed by atoms with E-state index in [0.29, 0.717) is 30.6 Å². The SMILES string of the molecule is COc1ccc(OC2CCCN(C(=O)C(C)Oc3ccccc3)C2)nn1. The summed E-state index contributed by atoms with van der Waals surface area (Å²) in [5.74, 6) is 1.51. The van der Waals surface area contributed by atoms with E-state index in [1.165, 1.54) is 7.11 Å². The summed E-state index contributed by atoms with van der Waals surface area (Å²) in [4.78, 5) is 14.5. The molecule has 0 bridgehead atoms. The van der Waals surface area contributed by atoms with E-state index in [4.69, 9.17) is 14.2 Å². The molecule has 1 saturated heterocycles. The molecule has 1 fully saturated rings. The Bertz CT molecular complexity index is 708. The van der Waals surface area contributed by atoms with Crippen molar-refractivity contribution < 1.29 is 19.0 Å². The largest absolute Gasteiger partial charge is 0.481 e. The van der Waals surface area contributed by atoms with Crippen molar-refractivity contribution >= 4 is 5.91 Å². The van der Waals surface area contributed by atoms with Crippen LogP contribution in [0.3, 0.4) is 0 Å². The van der Waals surface area contributed by atoms with Gasteiger partial charge in [0.15, 0.2) is 6.10 Å². The number of hydrogen-bond acceptors (Lipinski definition) is 6. The van der Waals surface area contributed by atoms with Crippen LogP contribution in [0.25, 0.3) is 0 Å². The van der Waals surface area contributed by atoms with Crippen LogP contribution < -0.4 is 14.2 Å². The molecule has 7 nitrogen and oxygen atoms in total. The number of hydrogen-bond donors (Lipinski definition) is 0. The summed E-state index contributed by atoms with van der Waals surface area (Å²) in [6.07, 6.45) is 1.08. The first-order valence-corrected chi connectivity index (χ1v) is 8.70. The lowest BCUT2D eigenvalue weighted by Gasteiger charge is -2.34. The maximum absolute atomic E-state index is 12.7. The van der Waals surface area contributed by atoms with E-state index in [2.05, 4.69) is 10.2 Å². The van der Waals surface area contributed by atoms with E-state index in [9.17, 15) is 4.79 Å². The van der Waals surface area contributed by atoms with Gasteiger partial charge in [0.1, 0.15) is 11.9 Å². The lowest BCUT2D eigenvalue weighted by atomic mass is 10.1. The summed E-state index contributed by atoms with van der Waals surface area (Å²) in [6.45, 7) is 2.99. The molecule has 2 heterocycles. The van der Waals surface area contributed by atoms with Gasteiger partial charge in [-0.05, 0) is 31.9 Å². The molecule has 7 heteroatoms. The topological polar surface area (TPSA) is 73.8 Å². The number of ether oxygens (including phenoxy) is 3. The van der Waals surface area contributed by atoms with E-state index >= 15 is 0 Å². The number of amides is 1. The number of rotatable bonds is 6. The third-order valence-electron chi connectivity index (χ3n) is 4.21. The molecular weight excluding hydrogens is 334 g/mol. The Morgan fingerprint density at radius 3 is 2.58 bits per heavy atom. The third-order valence-corrected chi connectivity index (χ3v) is 4.21. The second kappa shape index (κ2) is 8.51. The summed E-state index contributed by atoms with van der Waals surface area (Å²) in [7, 11) is 1.54. The quantitative estimate of drug-likeness (QED) is 0.790. The highest BCUT2D eigenvalue weighted by atomic mass is 16.5. The van der Waals surface area contributed by atoms with Crippen LogP contribution in [0.2, 0.25) is 0 Å². The molecule has 0 aliphatic carbocycles. The zero-order valence-electron chi connectivity index (χ0n) is 15.0. The zero-order valence-corrected chi connectivity index (χ0v) is 15.0. The van der Waals surface area contributed by atoms with Gasteiger partial charge in [-0.25, -0.2) is 0 Å². The van der Waals surface area contributed by atoms with Crippen molar-refractivity contribution in [2.24, 2.45) is 0 Å². The third kappa shape index (κ3) is 4.62. The molecule has 0 spiro atoms. The number of para-hydroxylation sites is 1. The molecule has 1 aliphatic rings. The van der Waals surface area contributed by atoms with Crippen molar-refractivity contribution in [1.29, 1.82) is 0 Å². The van der Waals surface area contributed by atoms with Crippen molar-refractivity contribution in [1.82, 2.24) is 15.1 Å². The predicted molar refractivity (Wildman–Crippen MR) is 95.3 cm³/mol. The van der Waals surface area contributed by atoms with E-state index in [1.54, 1.807) is 24.0 Å². The Morgan fingerprint density at radius 1 is 1.15 bits per heavy atom. The summed E-state index contributed by atoms with van der Waals surface area (Å²) >= 11 is 0. The first-order valence-electron chi connectivity index (χ1n) is 8.70. The lowest BCUT2D eigenvalue weighted by Crippen LogP contribution is -2.48. The molecule has 3 rings (SSSR count). The predicted octanol–water partition coefficient (Wildman–Crippen LogP) is 2.32. The van der Waals surface area contributed by atoms with Gasteiger partial charge in [-0.2, -0.15) is 0 Å². The summed E-state index contributed by atoms with van der Waals surface area (Å²) in [6, 6.07) is 12.8. The minimum absolute atomic E-state index is 0.0389. The van der Waals surface area contributed by atoms with Crippen molar-refractivity contribution in [3.8, 4) is 17.5 Å². The van der Waals surface area contributed by atoms with Gasteiger partial charge in [-0.1, -0.05) is 18.2 Å². The average molecular weight is 357 g/mol. The van der Waals surface area contributed by atoms with Gasteiger partial charge < -0.3 is 19.1 Å². The van der Waals surface area contributed by atoms with E-state index in [1.807, 2.05) is 30.3 Å². The minimum Gasteiger partial charge on any atom is -0.481 e. The molecule has 1 aromatic heterocycles. The average Bonchev–Trinajstić information content (AvgIpc) is 2.69. The minimum atomic E-state index is -0.545. The maximum Gasteiger partial charge on any atom is 0.263 e. The van der Waals surface area contributed by atoms with Gasteiger partial charge in [0.2, 0.25) is 11.8 Å². The Labute approximate surface area is 152 Å². The van der Waals surface area contributed by atoms with E-state index in [0.717, 1.165) is 12.8 Å². The molecule has 2 atom stereocenters. The number of carbonyl (C=O) groups excluding carboxylic acids is 1. The number of methoxy groups -OCH3 is 1. The number of benzene rings is 1. The molecule has 1 aliphatic heterocycles. The molecule has 26 heavy (non-hydrogen) atoms. The van der Waals surface area contributed by atoms with Gasteiger partial charge in [0, 0.05) is 18.7 Å². The van der Waals surface area contributed by atoms with Crippen LogP contribution in [0.1, 0.15) is 19.8 Å². The number of likely N-dealkylation sites (tertiary alicyclic amines) is 1. The Hall–Kier alpha value is -2.83. The number of carbonyl (C=O) groups is 1. The molecule has 1 amide bonds. The number of piperidine rings is 1. The fraction of sp³-hybridized carbons (Fsp3) is 0.421. The Kier molecular flexibility index (Phi) is 5.88. The molecule has 0 saturated carbocycles. The van der Waals surface area contributed by atoms with E-state index < -0.39 is 6.10 Å². The second-order valence-electron chi connectivity index (χ2n) is 6.15. The lowest BCUT2D eigenvalue weighted by molar-refractivity contribution is -0.140. The van der Waals surface area contributed by atoms with Crippen LogP contribution >= 0.6 is 0 Å². The van der Waals surface area contributed by atoms with Crippen molar-refractivity contribution in [3.05, 3.63) is 42.5 Å². The van der Waals surface area contributed by atoms with Crippen LogP contribution in [0.4, 0.5) is 0 Å². The van der Waals surface area contributed by atoms with Crippen LogP contribution in [0.5, 0.6) is 17.5 Å². The maximum atomic E-state index is 12.7. The van der Waals surface area contributed by atoms with Gasteiger partial charge >= 0.3 is 0 Å². The highest BCUT2D eigenvalue weighted by Gasteiger charge is 2.29. The first kappa shape index (κ1) is 18.0. The summed E-state index contributed by atoms with van der Waals surface area (Å²) in [5.41, 5.74) is 0. The van der Waals surface area contributed by atoms with Crippen LogP contribution in [0, 0.1) is 0 Å². The number of nitrogens with zero attached hydrogens (tertiary/aromatic N) is 3. The van der Waals surface area contributed by atoms with E-state index in [-0.39, 0.29) is 12.0 Å².